The monoisotopic (exact) mass is 493 g/mol. The Bertz CT molecular complexity index is 1500. The Balaban J connectivity index is 1.25. The van der Waals surface area contributed by atoms with E-state index in [1.165, 1.54) is 50.2 Å². The molecule has 1 aromatic heterocycles. The molecule has 2 aliphatic rings. The van der Waals surface area contributed by atoms with Crippen LogP contribution in [0, 0.1) is 0 Å². The lowest BCUT2D eigenvalue weighted by atomic mass is 9.78. The van der Waals surface area contributed by atoms with Crippen molar-refractivity contribution in [2.45, 2.75) is 32.3 Å². The zero-order valence-electron chi connectivity index (χ0n) is 20.2. The Morgan fingerprint density at radius 1 is 0.889 bits per heavy atom. The van der Waals surface area contributed by atoms with E-state index in [0.717, 1.165) is 36.8 Å². The maximum absolute atomic E-state index is 11.5. The molecule has 5 heteroatoms. The summed E-state index contributed by atoms with van der Waals surface area (Å²) >= 11 is 1.80. The van der Waals surface area contributed by atoms with Gasteiger partial charge in [0.25, 0.3) is 0 Å². The molecule has 0 saturated heterocycles. The highest BCUT2D eigenvalue weighted by molar-refractivity contribution is 7.16. The molecule has 0 radical (unpaired) electrons. The van der Waals surface area contributed by atoms with E-state index >= 15 is 0 Å². The number of aryl methyl sites for hydroxylation is 1. The van der Waals surface area contributed by atoms with Crippen molar-refractivity contribution in [3.63, 3.8) is 0 Å². The second kappa shape index (κ2) is 9.41. The van der Waals surface area contributed by atoms with Gasteiger partial charge in [0.15, 0.2) is 0 Å². The molecule has 4 nitrogen and oxygen atoms in total. The van der Waals surface area contributed by atoms with E-state index in [2.05, 4.69) is 60.7 Å². The lowest BCUT2D eigenvalue weighted by Gasteiger charge is -2.26. The van der Waals surface area contributed by atoms with Gasteiger partial charge in [0, 0.05) is 16.8 Å². The number of benzene rings is 3. The third kappa shape index (κ3) is 4.25. The summed E-state index contributed by atoms with van der Waals surface area (Å²) in [6.45, 7) is 0.118. The molecule has 180 valence electrons. The van der Waals surface area contributed by atoms with Crippen LogP contribution in [0.3, 0.4) is 0 Å². The SMILES string of the molecule is CN(O)C(=O)OCc1cccc(-c2ccc(C3=Cc4ccc5c(c4CC3)CCc3ccccc3-5)s2)c1. The molecule has 0 aliphatic heterocycles. The predicted molar refractivity (Wildman–Crippen MR) is 145 cm³/mol. The number of hydrogen-bond acceptors (Lipinski definition) is 4. The van der Waals surface area contributed by atoms with Gasteiger partial charge in [-0.3, -0.25) is 5.21 Å². The Hall–Kier alpha value is -3.67. The Morgan fingerprint density at radius 2 is 1.72 bits per heavy atom. The molecule has 1 amide bonds. The van der Waals surface area contributed by atoms with Crippen molar-refractivity contribution in [3.8, 4) is 21.6 Å². The van der Waals surface area contributed by atoms with Crippen LogP contribution in [0.15, 0.2) is 72.8 Å². The Labute approximate surface area is 215 Å². The van der Waals surface area contributed by atoms with Gasteiger partial charge < -0.3 is 4.74 Å². The number of ether oxygens (including phenoxy) is 1. The van der Waals surface area contributed by atoms with Crippen LogP contribution in [-0.4, -0.2) is 23.4 Å². The minimum atomic E-state index is -0.770. The van der Waals surface area contributed by atoms with Crippen LogP contribution in [0.1, 0.15) is 39.1 Å². The van der Waals surface area contributed by atoms with Gasteiger partial charge in [-0.15, -0.1) is 11.3 Å². The summed E-state index contributed by atoms with van der Waals surface area (Å²) in [7, 11) is 1.25. The van der Waals surface area contributed by atoms with Crippen LogP contribution in [-0.2, 0) is 30.6 Å². The van der Waals surface area contributed by atoms with Gasteiger partial charge in [-0.25, -0.2) is 4.79 Å². The van der Waals surface area contributed by atoms with Crippen molar-refractivity contribution in [3.05, 3.63) is 105 Å². The minimum Gasteiger partial charge on any atom is -0.443 e. The Morgan fingerprint density at radius 3 is 2.61 bits per heavy atom. The van der Waals surface area contributed by atoms with Gasteiger partial charge in [0.2, 0.25) is 0 Å². The maximum atomic E-state index is 11.5. The maximum Gasteiger partial charge on any atom is 0.433 e. The summed E-state index contributed by atoms with van der Waals surface area (Å²) in [5.74, 6) is 0. The van der Waals surface area contributed by atoms with Crippen molar-refractivity contribution >= 4 is 29.1 Å². The molecule has 3 aromatic carbocycles. The van der Waals surface area contributed by atoms with E-state index in [9.17, 15) is 10.0 Å². The molecule has 0 spiro atoms. The molecule has 0 fully saturated rings. The Kier molecular flexibility index (Phi) is 5.96. The summed E-state index contributed by atoms with van der Waals surface area (Å²) in [6, 6.07) is 25.8. The first-order valence-corrected chi connectivity index (χ1v) is 13.1. The minimum absolute atomic E-state index is 0.118. The smallest absolute Gasteiger partial charge is 0.433 e. The molecule has 36 heavy (non-hydrogen) atoms. The number of amides is 1. The number of hydrogen-bond donors (Lipinski definition) is 1. The quantitative estimate of drug-likeness (QED) is 0.235. The average Bonchev–Trinajstić information content (AvgIpc) is 3.41. The van der Waals surface area contributed by atoms with Gasteiger partial charge in [-0.05, 0) is 94.0 Å². The highest BCUT2D eigenvalue weighted by atomic mass is 32.1. The number of carbonyl (C=O) groups is 1. The number of nitrogens with zero attached hydrogens (tertiary/aromatic N) is 1. The standard InChI is InChI=1S/C31H27NO3S/c1-32(34)31(33)35-19-20-5-4-7-23(17-20)29-15-16-30(36-29)24-11-12-26-22(18-24)10-14-27-25-8-3-2-6-21(25)9-13-28(26)27/h2-8,10,14-18,34H,9,11-13,19H2,1H3. The van der Waals surface area contributed by atoms with Crippen molar-refractivity contribution in [1.29, 1.82) is 0 Å². The third-order valence-electron chi connectivity index (χ3n) is 7.15. The highest BCUT2D eigenvalue weighted by Crippen LogP contribution is 2.42. The second-order valence-corrected chi connectivity index (χ2v) is 10.5. The van der Waals surface area contributed by atoms with Gasteiger partial charge in [0.1, 0.15) is 6.61 Å². The largest absolute Gasteiger partial charge is 0.443 e. The van der Waals surface area contributed by atoms with Crippen LogP contribution in [0.2, 0.25) is 0 Å². The first-order valence-electron chi connectivity index (χ1n) is 12.3. The fraction of sp³-hybridized carbons (Fsp3) is 0.194. The van der Waals surface area contributed by atoms with Gasteiger partial charge in [0.05, 0.1) is 0 Å². The van der Waals surface area contributed by atoms with E-state index in [1.807, 2.05) is 18.2 Å². The number of allylic oxidation sites excluding steroid dienone is 1. The van der Waals surface area contributed by atoms with E-state index in [1.54, 1.807) is 16.9 Å². The van der Waals surface area contributed by atoms with Crippen LogP contribution in [0.4, 0.5) is 4.79 Å². The van der Waals surface area contributed by atoms with Gasteiger partial charge >= 0.3 is 6.09 Å². The zero-order chi connectivity index (χ0) is 24.6. The van der Waals surface area contributed by atoms with Crippen molar-refractivity contribution in [1.82, 2.24) is 5.06 Å². The van der Waals surface area contributed by atoms with Gasteiger partial charge in [-0.2, -0.15) is 5.06 Å². The lowest BCUT2D eigenvalue weighted by molar-refractivity contribution is -0.0551. The molecule has 0 unspecified atom stereocenters. The van der Waals surface area contributed by atoms with Crippen molar-refractivity contribution in [2.75, 3.05) is 7.05 Å². The number of fused-ring (bicyclic) bond motifs is 5. The molecule has 1 N–H and O–H groups in total. The molecule has 0 atom stereocenters. The van der Waals surface area contributed by atoms with E-state index in [-0.39, 0.29) is 6.61 Å². The lowest BCUT2D eigenvalue weighted by Crippen LogP contribution is -2.23. The number of thiophene rings is 1. The normalized spacial score (nSPS) is 13.8. The fourth-order valence-electron chi connectivity index (χ4n) is 5.37. The van der Waals surface area contributed by atoms with E-state index in [4.69, 9.17) is 4.74 Å². The van der Waals surface area contributed by atoms with Crippen LogP contribution in [0.25, 0.3) is 33.2 Å². The van der Waals surface area contributed by atoms with Crippen molar-refractivity contribution in [2.24, 2.45) is 0 Å². The fourth-order valence-corrected chi connectivity index (χ4v) is 6.42. The van der Waals surface area contributed by atoms with Crippen LogP contribution in [0.5, 0.6) is 0 Å². The predicted octanol–water partition coefficient (Wildman–Crippen LogP) is 7.63. The summed E-state index contributed by atoms with van der Waals surface area (Å²) in [5, 5.41) is 9.62. The summed E-state index contributed by atoms with van der Waals surface area (Å²) in [5.41, 5.74) is 12.1. The first kappa shape index (κ1) is 22.8. The molecular weight excluding hydrogens is 466 g/mol. The van der Waals surface area contributed by atoms with E-state index in [0.29, 0.717) is 5.06 Å². The molecule has 0 saturated carbocycles. The van der Waals surface area contributed by atoms with E-state index < -0.39 is 6.09 Å². The number of rotatable bonds is 4. The van der Waals surface area contributed by atoms with Crippen LogP contribution < -0.4 is 0 Å². The van der Waals surface area contributed by atoms with Gasteiger partial charge in [-0.1, -0.05) is 60.7 Å². The second-order valence-electron chi connectivity index (χ2n) is 9.43. The highest BCUT2D eigenvalue weighted by Gasteiger charge is 2.23. The molecule has 0 bridgehead atoms. The molecule has 4 aromatic rings. The van der Waals surface area contributed by atoms with Crippen molar-refractivity contribution < 1.29 is 14.7 Å². The topological polar surface area (TPSA) is 49.8 Å². The van der Waals surface area contributed by atoms with Crippen LogP contribution >= 0.6 is 11.3 Å². The number of carbonyl (C=O) groups excluding carboxylic acids is 1. The molecule has 6 rings (SSSR count). The third-order valence-corrected chi connectivity index (χ3v) is 8.36. The number of hydroxylamine groups is 2. The summed E-state index contributed by atoms with van der Waals surface area (Å²) < 4.78 is 5.10. The molecule has 2 aliphatic carbocycles. The molecular formula is C31H27NO3S. The first-order chi connectivity index (χ1) is 17.6. The summed E-state index contributed by atoms with van der Waals surface area (Å²) in [4.78, 5) is 14.0. The summed E-state index contributed by atoms with van der Waals surface area (Å²) in [6.07, 6.45) is 6.00. The molecule has 1 heterocycles. The zero-order valence-corrected chi connectivity index (χ0v) is 21.0. The average molecular weight is 494 g/mol.